The van der Waals surface area contributed by atoms with Gasteiger partial charge in [-0.05, 0) is 18.4 Å². The number of anilines is 1. The number of carbonyl (C=O) groups is 2. The molecule has 130 valence electrons. The number of hydrogen-bond acceptors (Lipinski definition) is 6. The standard InChI is InChI=1S/C19H14N2O3S2/c1-11-4-6-12(7-5-11)16(22)14-15(13-3-2-9-25-13)21(18(24)17(14)23)19-20-8-10-26-19/h2-10,15,23H,1H3. The summed E-state index contributed by atoms with van der Waals surface area (Å²) in [5, 5.41) is 14.6. The van der Waals surface area contributed by atoms with Crippen molar-refractivity contribution in [2.24, 2.45) is 0 Å². The predicted octanol–water partition coefficient (Wildman–Crippen LogP) is 4.30. The van der Waals surface area contributed by atoms with E-state index >= 15 is 0 Å². The van der Waals surface area contributed by atoms with Crippen molar-refractivity contribution < 1.29 is 14.7 Å². The fourth-order valence-corrected chi connectivity index (χ4v) is 4.44. The van der Waals surface area contributed by atoms with E-state index in [0.29, 0.717) is 10.7 Å². The highest BCUT2D eigenvalue weighted by Crippen LogP contribution is 2.43. The molecule has 1 amide bonds. The molecular weight excluding hydrogens is 368 g/mol. The van der Waals surface area contributed by atoms with E-state index in [-0.39, 0.29) is 11.4 Å². The lowest BCUT2D eigenvalue weighted by atomic mass is 9.96. The van der Waals surface area contributed by atoms with Crippen LogP contribution >= 0.6 is 22.7 Å². The van der Waals surface area contributed by atoms with Gasteiger partial charge in [0.1, 0.15) is 6.04 Å². The average molecular weight is 382 g/mol. The summed E-state index contributed by atoms with van der Waals surface area (Å²) < 4.78 is 0. The van der Waals surface area contributed by atoms with E-state index in [4.69, 9.17) is 0 Å². The Hall–Kier alpha value is -2.77. The Labute approximate surface area is 157 Å². The van der Waals surface area contributed by atoms with Gasteiger partial charge in [-0.25, -0.2) is 4.98 Å². The number of aliphatic hydroxyl groups excluding tert-OH is 1. The molecule has 1 aromatic carbocycles. The monoisotopic (exact) mass is 382 g/mol. The molecule has 1 aliphatic heterocycles. The molecule has 0 saturated heterocycles. The molecule has 4 rings (SSSR count). The number of carbonyl (C=O) groups excluding carboxylic acids is 2. The van der Waals surface area contributed by atoms with Gasteiger partial charge in [0.05, 0.1) is 5.57 Å². The van der Waals surface area contributed by atoms with Crippen molar-refractivity contribution in [2.75, 3.05) is 4.90 Å². The number of aliphatic hydroxyl groups is 1. The minimum atomic E-state index is -0.678. The van der Waals surface area contributed by atoms with Crippen LogP contribution in [0.5, 0.6) is 0 Å². The number of thiazole rings is 1. The molecular formula is C19H14N2O3S2. The molecule has 2 aromatic heterocycles. The van der Waals surface area contributed by atoms with Gasteiger partial charge in [-0.1, -0.05) is 35.9 Å². The van der Waals surface area contributed by atoms with E-state index in [1.54, 1.807) is 23.7 Å². The van der Waals surface area contributed by atoms with E-state index in [1.165, 1.54) is 27.6 Å². The maximum absolute atomic E-state index is 13.1. The molecule has 1 unspecified atom stereocenters. The van der Waals surface area contributed by atoms with Crippen LogP contribution in [0.2, 0.25) is 0 Å². The Balaban J connectivity index is 1.84. The molecule has 1 atom stereocenters. The molecule has 26 heavy (non-hydrogen) atoms. The number of amides is 1. The zero-order chi connectivity index (χ0) is 18.3. The number of Topliss-reactive ketones (excluding diaryl/α,β-unsaturated/α-hetero) is 1. The highest BCUT2D eigenvalue weighted by molar-refractivity contribution is 7.14. The summed E-state index contributed by atoms with van der Waals surface area (Å²) in [7, 11) is 0. The lowest BCUT2D eigenvalue weighted by Gasteiger charge is -2.23. The summed E-state index contributed by atoms with van der Waals surface area (Å²) in [5.41, 5.74) is 1.56. The van der Waals surface area contributed by atoms with Crippen LogP contribution in [0.15, 0.2) is 64.7 Å². The fraction of sp³-hybridized carbons (Fsp3) is 0.105. The molecule has 1 aliphatic rings. The Bertz CT molecular complexity index is 990. The smallest absolute Gasteiger partial charge is 0.296 e. The zero-order valence-corrected chi connectivity index (χ0v) is 15.4. The second-order valence-electron chi connectivity index (χ2n) is 5.87. The Morgan fingerprint density at radius 3 is 2.54 bits per heavy atom. The third kappa shape index (κ3) is 2.65. The van der Waals surface area contributed by atoms with Crippen LogP contribution in [-0.4, -0.2) is 21.8 Å². The number of benzene rings is 1. The first kappa shape index (κ1) is 16.7. The van der Waals surface area contributed by atoms with Crippen LogP contribution < -0.4 is 4.90 Å². The topological polar surface area (TPSA) is 70.5 Å². The van der Waals surface area contributed by atoms with Crippen LogP contribution in [0, 0.1) is 6.92 Å². The van der Waals surface area contributed by atoms with E-state index < -0.39 is 17.7 Å². The molecule has 0 bridgehead atoms. The third-order valence-electron chi connectivity index (χ3n) is 4.20. The van der Waals surface area contributed by atoms with Gasteiger partial charge in [-0.3, -0.25) is 14.5 Å². The number of hydrogen-bond donors (Lipinski definition) is 1. The minimum absolute atomic E-state index is 0.0940. The number of aromatic nitrogens is 1. The van der Waals surface area contributed by atoms with Crippen molar-refractivity contribution in [2.45, 2.75) is 13.0 Å². The molecule has 0 radical (unpaired) electrons. The first-order chi connectivity index (χ1) is 12.6. The van der Waals surface area contributed by atoms with Crippen LogP contribution in [0.1, 0.15) is 26.8 Å². The van der Waals surface area contributed by atoms with Crippen molar-refractivity contribution in [3.05, 3.63) is 80.7 Å². The summed E-state index contributed by atoms with van der Waals surface area (Å²) >= 11 is 2.72. The molecule has 0 spiro atoms. The van der Waals surface area contributed by atoms with Crippen LogP contribution in [-0.2, 0) is 4.79 Å². The maximum Gasteiger partial charge on any atom is 0.296 e. The summed E-state index contributed by atoms with van der Waals surface area (Å²) in [4.78, 5) is 32.3. The molecule has 0 fully saturated rings. The molecule has 3 aromatic rings. The minimum Gasteiger partial charge on any atom is -0.503 e. The third-order valence-corrected chi connectivity index (χ3v) is 5.90. The van der Waals surface area contributed by atoms with Crippen LogP contribution in [0.25, 0.3) is 0 Å². The number of thiophene rings is 1. The van der Waals surface area contributed by atoms with Crippen molar-refractivity contribution >= 4 is 39.5 Å². The van der Waals surface area contributed by atoms with Gasteiger partial charge in [0.2, 0.25) is 0 Å². The normalized spacial score (nSPS) is 17.2. The highest BCUT2D eigenvalue weighted by atomic mass is 32.1. The molecule has 0 saturated carbocycles. The highest BCUT2D eigenvalue weighted by Gasteiger charge is 2.46. The van der Waals surface area contributed by atoms with E-state index in [9.17, 15) is 14.7 Å². The van der Waals surface area contributed by atoms with Gasteiger partial charge in [0.25, 0.3) is 5.91 Å². The van der Waals surface area contributed by atoms with Gasteiger partial charge < -0.3 is 5.11 Å². The van der Waals surface area contributed by atoms with Gasteiger partial charge >= 0.3 is 0 Å². The maximum atomic E-state index is 13.1. The number of rotatable bonds is 4. The molecule has 5 nitrogen and oxygen atoms in total. The molecule has 1 N–H and O–H groups in total. The number of aryl methyl sites for hydroxylation is 1. The van der Waals surface area contributed by atoms with E-state index in [1.807, 2.05) is 36.6 Å². The van der Waals surface area contributed by atoms with Crippen LogP contribution in [0.3, 0.4) is 0 Å². The van der Waals surface area contributed by atoms with Gasteiger partial charge in [-0.2, -0.15) is 0 Å². The summed E-state index contributed by atoms with van der Waals surface area (Å²) in [6, 6.07) is 10.1. The Morgan fingerprint density at radius 1 is 1.15 bits per heavy atom. The first-order valence-electron chi connectivity index (χ1n) is 7.89. The molecule has 3 heterocycles. The first-order valence-corrected chi connectivity index (χ1v) is 9.65. The molecule has 0 aliphatic carbocycles. The van der Waals surface area contributed by atoms with Gasteiger partial charge in [-0.15, -0.1) is 22.7 Å². The predicted molar refractivity (Wildman–Crippen MR) is 102 cm³/mol. The summed E-state index contributed by atoms with van der Waals surface area (Å²) in [5.74, 6) is -1.47. The average Bonchev–Trinajstić information content (AvgIpc) is 3.37. The Kier molecular flexibility index (Phi) is 4.18. The fourth-order valence-electron chi connectivity index (χ4n) is 2.95. The lowest BCUT2D eigenvalue weighted by molar-refractivity contribution is -0.117. The molecule has 7 heteroatoms. The van der Waals surface area contributed by atoms with Crippen molar-refractivity contribution in [1.29, 1.82) is 0 Å². The number of ketones is 1. The summed E-state index contributed by atoms with van der Waals surface area (Å²) in [6.07, 6.45) is 1.59. The second-order valence-corrected chi connectivity index (χ2v) is 7.72. The van der Waals surface area contributed by atoms with E-state index in [0.717, 1.165) is 10.4 Å². The largest absolute Gasteiger partial charge is 0.503 e. The SMILES string of the molecule is Cc1ccc(C(=O)C2=C(O)C(=O)N(c3nccs3)C2c2cccs2)cc1. The lowest BCUT2D eigenvalue weighted by Crippen LogP contribution is -2.30. The van der Waals surface area contributed by atoms with Crippen molar-refractivity contribution in [1.82, 2.24) is 4.98 Å². The Morgan fingerprint density at radius 2 is 1.92 bits per heavy atom. The number of nitrogens with zero attached hydrogens (tertiary/aromatic N) is 2. The quantitative estimate of drug-likeness (QED) is 0.683. The van der Waals surface area contributed by atoms with Gasteiger partial charge in [0, 0.05) is 22.0 Å². The van der Waals surface area contributed by atoms with Crippen molar-refractivity contribution in [3.63, 3.8) is 0 Å². The zero-order valence-electron chi connectivity index (χ0n) is 13.7. The van der Waals surface area contributed by atoms with Crippen molar-refractivity contribution in [3.8, 4) is 0 Å². The van der Waals surface area contributed by atoms with Crippen LogP contribution in [0.4, 0.5) is 5.13 Å². The van der Waals surface area contributed by atoms with Gasteiger partial charge in [0.15, 0.2) is 16.7 Å². The summed E-state index contributed by atoms with van der Waals surface area (Å²) in [6.45, 7) is 1.93. The van der Waals surface area contributed by atoms with E-state index in [2.05, 4.69) is 4.98 Å². The second kappa shape index (κ2) is 6.51.